The number of halogens is 4. The number of alkyl halides is 2. The zero-order valence-corrected chi connectivity index (χ0v) is 18.1. The summed E-state index contributed by atoms with van der Waals surface area (Å²) in [6.07, 6.45) is 2.41. The average Bonchev–Trinajstić information content (AvgIpc) is 3.14. The number of ketones is 1. The van der Waals surface area contributed by atoms with Gasteiger partial charge in [-0.1, -0.05) is 25.5 Å². The number of fused-ring (bicyclic) bond motifs is 1. The molecule has 1 heterocycles. The van der Waals surface area contributed by atoms with Crippen LogP contribution in [0.5, 0.6) is 0 Å². The van der Waals surface area contributed by atoms with Gasteiger partial charge in [0.25, 0.3) is 11.8 Å². The lowest BCUT2D eigenvalue weighted by Crippen LogP contribution is -2.49. The zero-order chi connectivity index (χ0) is 23.8. The van der Waals surface area contributed by atoms with Crippen LogP contribution in [0, 0.1) is 11.6 Å². The Bertz CT molecular complexity index is 1220. The van der Waals surface area contributed by atoms with Crippen LogP contribution in [-0.4, -0.2) is 28.2 Å². The molecule has 1 saturated carbocycles. The van der Waals surface area contributed by atoms with Gasteiger partial charge in [0, 0.05) is 31.0 Å². The first-order valence-electron chi connectivity index (χ1n) is 11.0. The second kappa shape index (κ2) is 9.00. The number of nitrogens with zero attached hydrogens (tertiary/aromatic N) is 1. The number of carbonyl (C=O) groups is 2. The van der Waals surface area contributed by atoms with Crippen LogP contribution in [0.4, 0.5) is 17.6 Å². The molecule has 0 radical (unpaired) electrons. The Morgan fingerprint density at radius 2 is 1.88 bits per heavy atom. The van der Waals surface area contributed by atoms with Crippen molar-refractivity contribution >= 4 is 22.6 Å². The topological polar surface area (TPSA) is 51.1 Å². The molecule has 1 fully saturated rings. The van der Waals surface area contributed by atoms with Gasteiger partial charge < -0.3 is 9.88 Å². The number of aromatic nitrogens is 1. The minimum Gasteiger partial charge on any atom is -0.343 e. The van der Waals surface area contributed by atoms with Crippen LogP contribution in [0.3, 0.4) is 0 Å². The van der Waals surface area contributed by atoms with E-state index in [4.69, 9.17) is 0 Å². The van der Waals surface area contributed by atoms with Crippen LogP contribution in [0.1, 0.15) is 65.3 Å². The summed E-state index contributed by atoms with van der Waals surface area (Å²) in [5.41, 5.74) is 0.831. The van der Waals surface area contributed by atoms with E-state index in [1.54, 1.807) is 23.6 Å². The SMILES string of the molecule is CCC(=O)c1ccc(Cn2cc(C(=O)NC3CCCCC3(F)F)c3c(F)cccc32)cc1F. The number of rotatable bonds is 6. The van der Waals surface area contributed by atoms with E-state index in [0.29, 0.717) is 23.9 Å². The number of Topliss-reactive ketones (excluding diaryl/α,β-unsaturated/α-hetero) is 1. The van der Waals surface area contributed by atoms with Gasteiger partial charge in [0.1, 0.15) is 11.6 Å². The molecule has 4 rings (SSSR count). The summed E-state index contributed by atoms with van der Waals surface area (Å²) in [5, 5.41) is 2.41. The molecule has 0 aliphatic heterocycles. The number of benzene rings is 2. The smallest absolute Gasteiger partial charge is 0.267 e. The second-order valence-electron chi connectivity index (χ2n) is 8.43. The normalized spacial score (nSPS) is 17.8. The predicted octanol–water partition coefficient (Wildman–Crippen LogP) is 5.87. The molecule has 1 aromatic heterocycles. The van der Waals surface area contributed by atoms with Gasteiger partial charge in [0.2, 0.25) is 0 Å². The standard InChI is InChI=1S/C25H24F4N2O2/c1-2-21(32)16-10-9-15(12-19(16)27)13-31-14-17(23-18(26)6-5-7-20(23)31)24(33)30-22-8-3-4-11-25(22,28)29/h5-7,9-10,12,14,22H,2-4,8,11,13H2,1H3,(H,30,33). The fourth-order valence-corrected chi connectivity index (χ4v) is 4.39. The maximum Gasteiger partial charge on any atom is 0.267 e. The van der Waals surface area contributed by atoms with Crippen LogP contribution in [0.15, 0.2) is 42.6 Å². The Labute approximate surface area is 188 Å². The lowest BCUT2D eigenvalue weighted by atomic mass is 9.91. The summed E-state index contributed by atoms with van der Waals surface area (Å²) in [6, 6.07) is 7.22. The molecular weight excluding hydrogens is 436 g/mol. The highest BCUT2D eigenvalue weighted by molar-refractivity contribution is 6.07. The number of hydrogen-bond donors (Lipinski definition) is 1. The van der Waals surface area contributed by atoms with Gasteiger partial charge in [-0.3, -0.25) is 9.59 Å². The molecule has 33 heavy (non-hydrogen) atoms. The molecule has 1 amide bonds. The van der Waals surface area contributed by atoms with E-state index in [-0.39, 0.29) is 48.1 Å². The Balaban J connectivity index is 1.67. The van der Waals surface area contributed by atoms with E-state index < -0.39 is 29.5 Å². The molecule has 1 atom stereocenters. The third-order valence-corrected chi connectivity index (χ3v) is 6.18. The highest BCUT2D eigenvalue weighted by atomic mass is 19.3. The first-order valence-corrected chi connectivity index (χ1v) is 11.0. The van der Waals surface area contributed by atoms with Crippen molar-refractivity contribution in [3.8, 4) is 0 Å². The first kappa shape index (κ1) is 23.0. The van der Waals surface area contributed by atoms with E-state index in [2.05, 4.69) is 5.32 Å². The van der Waals surface area contributed by atoms with Crippen molar-refractivity contribution < 1.29 is 27.2 Å². The van der Waals surface area contributed by atoms with Crippen molar-refractivity contribution in [1.29, 1.82) is 0 Å². The third-order valence-electron chi connectivity index (χ3n) is 6.18. The fraction of sp³-hybridized carbons (Fsp3) is 0.360. The third kappa shape index (κ3) is 4.51. The van der Waals surface area contributed by atoms with Crippen molar-refractivity contribution in [2.24, 2.45) is 0 Å². The molecule has 1 N–H and O–H groups in total. The highest BCUT2D eigenvalue weighted by Crippen LogP contribution is 2.34. The monoisotopic (exact) mass is 460 g/mol. The quantitative estimate of drug-likeness (QED) is 0.370. The summed E-state index contributed by atoms with van der Waals surface area (Å²) >= 11 is 0. The van der Waals surface area contributed by atoms with Gasteiger partial charge in [-0.05, 0) is 42.7 Å². The Kier molecular flexibility index (Phi) is 6.28. The van der Waals surface area contributed by atoms with Crippen molar-refractivity contribution in [2.75, 3.05) is 0 Å². The maximum absolute atomic E-state index is 14.7. The molecule has 1 aliphatic carbocycles. The summed E-state index contributed by atoms with van der Waals surface area (Å²) < 4.78 is 59.1. The van der Waals surface area contributed by atoms with Crippen molar-refractivity contribution in [3.63, 3.8) is 0 Å². The Hall–Kier alpha value is -3.16. The first-order chi connectivity index (χ1) is 15.7. The molecule has 3 aromatic rings. The van der Waals surface area contributed by atoms with Crippen LogP contribution in [0.2, 0.25) is 0 Å². The minimum atomic E-state index is -3.01. The average molecular weight is 460 g/mol. The predicted molar refractivity (Wildman–Crippen MR) is 117 cm³/mol. The van der Waals surface area contributed by atoms with Gasteiger partial charge in [-0.15, -0.1) is 0 Å². The van der Waals surface area contributed by atoms with Crippen molar-refractivity contribution in [2.45, 2.75) is 57.5 Å². The van der Waals surface area contributed by atoms with Crippen molar-refractivity contribution in [1.82, 2.24) is 9.88 Å². The van der Waals surface area contributed by atoms with Gasteiger partial charge in [0.15, 0.2) is 5.78 Å². The molecule has 2 aromatic carbocycles. The van der Waals surface area contributed by atoms with Crippen molar-refractivity contribution in [3.05, 3.63) is 70.9 Å². The summed E-state index contributed by atoms with van der Waals surface area (Å²) in [6.45, 7) is 1.75. The number of amides is 1. The Morgan fingerprint density at radius 1 is 1.09 bits per heavy atom. The van der Waals surface area contributed by atoms with Crippen LogP contribution >= 0.6 is 0 Å². The summed E-state index contributed by atoms with van der Waals surface area (Å²) in [5.74, 6) is -5.40. The lowest BCUT2D eigenvalue weighted by Gasteiger charge is -2.31. The lowest BCUT2D eigenvalue weighted by molar-refractivity contribution is -0.0609. The molecule has 174 valence electrons. The molecule has 4 nitrogen and oxygen atoms in total. The van der Waals surface area contributed by atoms with E-state index >= 15 is 0 Å². The molecule has 0 saturated heterocycles. The van der Waals surface area contributed by atoms with E-state index in [0.717, 1.165) is 0 Å². The largest absolute Gasteiger partial charge is 0.343 e. The molecular formula is C25H24F4N2O2. The van der Waals surface area contributed by atoms with Crippen LogP contribution < -0.4 is 5.32 Å². The van der Waals surface area contributed by atoms with Gasteiger partial charge in [0.05, 0.1) is 22.7 Å². The number of carbonyl (C=O) groups excluding carboxylic acids is 2. The van der Waals surface area contributed by atoms with Crippen LogP contribution in [-0.2, 0) is 6.54 Å². The summed E-state index contributed by atoms with van der Waals surface area (Å²) in [4.78, 5) is 24.7. The number of nitrogens with one attached hydrogen (secondary N) is 1. The van der Waals surface area contributed by atoms with E-state index in [1.807, 2.05) is 0 Å². The summed E-state index contributed by atoms with van der Waals surface area (Å²) in [7, 11) is 0. The highest BCUT2D eigenvalue weighted by Gasteiger charge is 2.42. The van der Waals surface area contributed by atoms with Crippen LogP contribution in [0.25, 0.3) is 10.9 Å². The zero-order valence-electron chi connectivity index (χ0n) is 18.1. The molecule has 0 bridgehead atoms. The fourth-order valence-electron chi connectivity index (χ4n) is 4.39. The Morgan fingerprint density at radius 3 is 2.58 bits per heavy atom. The van der Waals surface area contributed by atoms with E-state index in [1.165, 1.54) is 30.5 Å². The number of hydrogen-bond acceptors (Lipinski definition) is 2. The molecule has 0 spiro atoms. The van der Waals surface area contributed by atoms with Gasteiger partial charge in [-0.25, -0.2) is 17.6 Å². The second-order valence-corrected chi connectivity index (χ2v) is 8.43. The van der Waals surface area contributed by atoms with E-state index in [9.17, 15) is 27.2 Å². The van der Waals surface area contributed by atoms with Gasteiger partial charge >= 0.3 is 0 Å². The molecule has 8 heteroatoms. The molecule has 1 aliphatic rings. The molecule has 1 unspecified atom stereocenters. The maximum atomic E-state index is 14.7. The van der Waals surface area contributed by atoms with Gasteiger partial charge in [-0.2, -0.15) is 0 Å². The minimum absolute atomic E-state index is 0.00173.